The van der Waals surface area contributed by atoms with E-state index in [1.165, 1.54) is 6.07 Å². The highest BCUT2D eigenvalue weighted by Gasteiger charge is 2.39. The second kappa shape index (κ2) is 10.5. The van der Waals surface area contributed by atoms with Crippen LogP contribution in [0.5, 0.6) is 11.5 Å². The van der Waals surface area contributed by atoms with Crippen LogP contribution < -0.4 is 10.1 Å². The van der Waals surface area contributed by atoms with Crippen LogP contribution in [0.4, 0.5) is 10.1 Å². The summed E-state index contributed by atoms with van der Waals surface area (Å²) < 4.78 is 21.0. The number of hydrogen-bond donors (Lipinski definition) is 2. The molecule has 1 saturated heterocycles. The topological polar surface area (TPSA) is 81.6 Å². The fourth-order valence-electron chi connectivity index (χ4n) is 4.62. The van der Waals surface area contributed by atoms with Crippen LogP contribution in [0.25, 0.3) is 11.3 Å². The third kappa shape index (κ3) is 4.81. The van der Waals surface area contributed by atoms with E-state index >= 15 is 4.39 Å². The van der Waals surface area contributed by atoms with Crippen molar-refractivity contribution in [3.05, 3.63) is 71.2 Å². The number of amides is 1. The zero-order chi connectivity index (χ0) is 26.0. The summed E-state index contributed by atoms with van der Waals surface area (Å²) in [6, 6.07) is 12.3. The first-order chi connectivity index (χ1) is 17.3. The first kappa shape index (κ1) is 25.3. The van der Waals surface area contributed by atoms with Crippen LogP contribution in [-0.2, 0) is 6.54 Å². The van der Waals surface area contributed by atoms with Gasteiger partial charge in [-0.05, 0) is 49.9 Å². The number of hydrogen-bond acceptors (Lipinski definition) is 6. The summed E-state index contributed by atoms with van der Waals surface area (Å²) in [5.41, 5.74) is 4.10. The quantitative estimate of drug-likeness (QED) is 0.453. The Hall–Kier alpha value is -3.78. The number of fused-ring (bicyclic) bond motifs is 1. The van der Waals surface area contributed by atoms with E-state index in [2.05, 4.69) is 15.2 Å². The predicted octanol–water partition coefficient (Wildman–Crippen LogP) is 5.41. The number of ether oxygens (including phenoxy) is 1. The van der Waals surface area contributed by atoms with Gasteiger partial charge in [0.15, 0.2) is 0 Å². The van der Waals surface area contributed by atoms with Crippen molar-refractivity contribution in [3.63, 3.8) is 0 Å². The summed E-state index contributed by atoms with van der Waals surface area (Å²) in [6.45, 7) is 7.77. The van der Waals surface area contributed by atoms with Gasteiger partial charge in [0.05, 0.1) is 17.3 Å². The van der Waals surface area contributed by atoms with Crippen LogP contribution in [0, 0.1) is 11.2 Å². The number of nitrogens with one attached hydrogen (secondary N) is 2. The molecule has 36 heavy (non-hydrogen) atoms. The molecule has 2 aromatic carbocycles. The van der Waals surface area contributed by atoms with Crippen molar-refractivity contribution in [2.24, 2.45) is 0 Å². The highest BCUT2D eigenvalue weighted by atomic mass is 19.1. The van der Waals surface area contributed by atoms with E-state index in [9.17, 15) is 4.79 Å². The molecule has 0 saturated carbocycles. The fourth-order valence-corrected chi connectivity index (χ4v) is 4.62. The summed E-state index contributed by atoms with van der Waals surface area (Å²) in [5, 5.41) is 11.0. The molecule has 7 nitrogen and oxygen atoms in total. The normalized spacial score (nSPS) is 15.1. The number of carbonyl (C=O) groups excluding carboxylic acids is 1. The highest BCUT2D eigenvalue weighted by molar-refractivity contribution is 6.01. The van der Waals surface area contributed by atoms with E-state index in [4.69, 9.17) is 10.1 Å². The third-order valence-electron chi connectivity index (χ3n) is 6.40. The molecule has 0 atom stereocenters. The van der Waals surface area contributed by atoms with Crippen LogP contribution >= 0.6 is 0 Å². The summed E-state index contributed by atoms with van der Waals surface area (Å²) in [5.74, 6) is 0.420. The van der Waals surface area contributed by atoms with E-state index in [1.807, 2.05) is 45.2 Å². The summed E-state index contributed by atoms with van der Waals surface area (Å²) in [6.07, 6.45) is 1.62. The molecule has 1 aromatic heterocycles. The van der Waals surface area contributed by atoms with Crippen molar-refractivity contribution >= 4 is 17.3 Å². The molecular weight excluding hydrogens is 457 g/mol. The molecule has 1 fully saturated rings. The zero-order valence-corrected chi connectivity index (χ0v) is 21.4. The molecule has 8 heteroatoms. The number of pyridine rings is 1. The minimum atomic E-state index is -0.517. The molecule has 0 bridgehead atoms. The van der Waals surface area contributed by atoms with E-state index in [1.54, 1.807) is 37.2 Å². The van der Waals surface area contributed by atoms with Gasteiger partial charge in [-0.1, -0.05) is 13.8 Å². The van der Waals surface area contributed by atoms with Crippen molar-refractivity contribution in [2.75, 3.05) is 32.5 Å². The number of halogens is 1. The fraction of sp³-hybridized carbons (Fsp3) is 0.321. The molecule has 0 spiro atoms. The van der Waals surface area contributed by atoms with Crippen molar-refractivity contribution in [3.8, 4) is 22.8 Å². The molecule has 0 unspecified atom stereocenters. The lowest BCUT2D eigenvalue weighted by molar-refractivity contribution is 0.0384. The van der Waals surface area contributed by atoms with Crippen LogP contribution in [0.1, 0.15) is 42.3 Å². The number of benzene rings is 2. The molecule has 0 aliphatic carbocycles. The Morgan fingerprint density at radius 3 is 2.53 bits per heavy atom. The largest absolute Gasteiger partial charge is 0.457 e. The first-order valence-electron chi connectivity index (χ1n) is 12.2. The molecule has 2 aliphatic rings. The average Bonchev–Trinajstić information content (AvgIpc) is 3.19. The maximum absolute atomic E-state index is 15.0. The molecular formula is C28H32FN5O2. The lowest BCUT2D eigenvalue weighted by atomic mass is 10.0. The second-order valence-corrected chi connectivity index (χ2v) is 8.86. The Morgan fingerprint density at radius 2 is 1.86 bits per heavy atom. The minimum absolute atomic E-state index is 0.132. The van der Waals surface area contributed by atoms with Crippen LogP contribution in [-0.4, -0.2) is 59.6 Å². The number of aromatic nitrogens is 1. The van der Waals surface area contributed by atoms with Crippen LogP contribution in [0.3, 0.4) is 0 Å². The monoisotopic (exact) mass is 489 g/mol. The molecule has 3 aromatic rings. The van der Waals surface area contributed by atoms with E-state index < -0.39 is 5.82 Å². The number of likely N-dealkylation sites (tertiary alicyclic amines) is 1. The average molecular weight is 490 g/mol. The SMILES string of the molecule is CC.CNc1cc(Oc2ccnc(-c3cc(F)c4c(c3)CN(C3CN(C)C3)C4=O)c2)ccc1C(C)=N. The number of nitrogens with zero attached hydrogens (tertiary/aromatic N) is 3. The van der Waals surface area contributed by atoms with Gasteiger partial charge in [-0.3, -0.25) is 9.78 Å². The number of anilines is 1. The van der Waals surface area contributed by atoms with Crippen LogP contribution in [0.15, 0.2) is 48.7 Å². The standard InChI is InChI=1S/C26H26FN5O2.C2H6/c1-15(28)21-5-4-19(11-24(21)29-2)34-20-6-7-30-23(10-20)16-8-17-12-32(18-13-31(3)14-18)26(33)25(17)22(27)9-16;1-2/h4-11,18,28-29H,12-14H2,1-3H3;1-2H3. The van der Waals surface area contributed by atoms with Crippen molar-refractivity contribution in [1.82, 2.24) is 14.8 Å². The van der Waals surface area contributed by atoms with Crippen LogP contribution in [0.2, 0.25) is 0 Å². The smallest absolute Gasteiger partial charge is 0.257 e. The Bertz CT molecular complexity index is 1300. The van der Waals surface area contributed by atoms with Gasteiger partial charge in [0.25, 0.3) is 5.91 Å². The van der Waals surface area contributed by atoms with E-state index in [-0.39, 0.29) is 17.5 Å². The number of likely N-dealkylation sites (N-methyl/N-ethyl adjacent to an activating group) is 1. The summed E-state index contributed by atoms with van der Waals surface area (Å²) >= 11 is 0. The lowest BCUT2D eigenvalue weighted by Gasteiger charge is -2.41. The van der Waals surface area contributed by atoms with Gasteiger partial charge in [-0.15, -0.1) is 0 Å². The predicted molar refractivity (Wildman–Crippen MR) is 141 cm³/mol. The molecule has 3 heterocycles. The van der Waals surface area contributed by atoms with Crippen molar-refractivity contribution in [2.45, 2.75) is 33.4 Å². The van der Waals surface area contributed by atoms with Crippen molar-refractivity contribution in [1.29, 1.82) is 5.41 Å². The molecule has 2 N–H and O–H groups in total. The van der Waals surface area contributed by atoms with Gasteiger partial charge < -0.3 is 25.3 Å². The van der Waals surface area contributed by atoms with Gasteiger partial charge >= 0.3 is 0 Å². The Kier molecular flexibility index (Phi) is 7.35. The van der Waals surface area contributed by atoms with Crippen molar-refractivity contribution < 1.29 is 13.9 Å². The first-order valence-corrected chi connectivity index (χ1v) is 12.2. The van der Waals surface area contributed by atoms with Gasteiger partial charge in [-0.25, -0.2) is 4.39 Å². The molecule has 1 amide bonds. The van der Waals surface area contributed by atoms with Gasteiger partial charge in [0.2, 0.25) is 0 Å². The van der Waals surface area contributed by atoms with Gasteiger partial charge in [-0.2, -0.15) is 0 Å². The molecule has 0 radical (unpaired) electrons. The molecule has 5 rings (SSSR count). The Morgan fingerprint density at radius 1 is 1.14 bits per heavy atom. The summed E-state index contributed by atoms with van der Waals surface area (Å²) in [7, 11) is 3.81. The summed E-state index contributed by atoms with van der Waals surface area (Å²) in [4.78, 5) is 21.1. The van der Waals surface area contributed by atoms with Gasteiger partial charge in [0.1, 0.15) is 17.3 Å². The highest BCUT2D eigenvalue weighted by Crippen LogP contribution is 2.34. The Labute approximate surface area is 211 Å². The Balaban J connectivity index is 0.00000148. The van der Waals surface area contributed by atoms with E-state index in [0.29, 0.717) is 40.6 Å². The molecule has 188 valence electrons. The van der Waals surface area contributed by atoms with E-state index in [0.717, 1.165) is 24.3 Å². The maximum Gasteiger partial charge on any atom is 0.257 e. The maximum atomic E-state index is 15.0. The zero-order valence-electron chi connectivity index (χ0n) is 21.4. The minimum Gasteiger partial charge on any atom is -0.457 e. The van der Waals surface area contributed by atoms with Gasteiger partial charge in [0, 0.05) is 67.5 Å². The third-order valence-corrected chi connectivity index (χ3v) is 6.40. The second-order valence-electron chi connectivity index (χ2n) is 8.86. The molecule has 2 aliphatic heterocycles. The number of carbonyl (C=O) groups is 1. The lowest BCUT2D eigenvalue weighted by Crippen LogP contribution is -2.57. The number of rotatable bonds is 6.